The van der Waals surface area contributed by atoms with Gasteiger partial charge in [0, 0.05) is 7.05 Å². The minimum absolute atomic E-state index is 0.00113. The van der Waals surface area contributed by atoms with Gasteiger partial charge in [0.15, 0.2) is 11.5 Å². The Labute approximate surface area is 87.2 Å². The lowest BCUT2D eigenvalue weighted by Gasteiger charge is -2.23. The molecule has 0 radical (unpaired) electrons. The van der Waals surface area contributed by atoms with Gasteiger partial charge in [-0.05, 0) is 19.1 Å². The Kier molecular flexibility index (Phi) is 3.56. The van der Waals surface area contributed by atoms with E-state index in [1.807, 2.05) is 6.92 Å². The fourth-order valence-electron chi connectivity index (χ4n) is 0.976. The lowest BCUT2D eigenvalue weighted by molar-refractivity contribution is 0.0689. The Bertz CT molecular complexity index is 339. The third-order valence-electron chi connectivity index (χ3n) is 2.16. The number of aromatic nitrogens is 2. The van der Waals surface area contributed by atoms with E-state index in [0.717, 1.165) is 0 Å². The van der Waals surface area contributed by atoms with Crippen molar-refractivity contribution >= 4 is 11.8 Å². The van der Waals surface area contributed by atoms with E-state index in [2.05, 4.69) is 10.2 Å². The number of nitrogens with zero attached hydrogens (tertiary/aromatic N) is 3. The summed E-state index contributed by atoms with van der Waals surface area (Å²) in [7, 11) is 1.76. The van der Waals surface area contributed by atoms with Crippen molar-refractivity contribution in [2.24, 2.45) is 0 Å². The third-order valence-corrected chi connectivity index (χ3v) is 2.16. The van der Waals surface area contributed by atoms with Crippen LogP contribution >= 0.6 is 0 Å². The summed E-state index contributed by atoms with van der Waals surface area (Å²) in [5, 5.41) is 24.8. The van der Waals surface area contributed by atoms with Crippen LogP contribution in [-0.4, -0.2) is 46.1 Å². The average Bonchev–Trinajstić information content (AvgIpc) is 2.27. The molecule has 2 N–H and O–H groups in total. The summed E-state index contributed by atoms with van der Waals surface area (Å²) in [6, 6.07) is 2.85. The van der Waals surface area contributed by atoms with E-state index in [1.54, 1.807) is 18.0 Å². The summed E-state index contributed by atoms with van der Waals surface area (Å²) in [4.78, 5) is 12.2. The molecule has 0 aliphatic heterocycles. The smallest absolute Gasteiger partial charge is 0.356 e. The molecule has 1 aromatic rings. The Morgan fingerprint density at radius 1 is 1.53 bits per heavy atom. The zero-order valence-corrected chi connectivity index (χ0v) is 8.58. The SMILES string of the molecule is CC(CO)N(C)c1ccc(C(=O)O)nn1. The largest absolute Gasteiger partial charge is 0.476 e. The van der Waals surface area contributed by atoms with Gasteiger partial charge in [-0.1, -0.05) is 0 Å². The lowest BCUT2D eigenvalue weighted by atomic mass is 10.3. The maximum absolute atomic E-state index is 10.5. The normalized spacial score (nSPS) is 12.2. The molecule has 1 aromatic heterocycles. The topological polar surface area (TPSA) is 86.5 Å². The number of aliphatic hydroxyl groups is 1. The van der Waals surface area contributed by atoms with Crippen LogP contribution in [-0.2, 0) is 0 Å². The fourth-order valence-corrected chi connectivity index (χ4v) is 0.976. The number of likely N-dealkylation sites (N-methyl/N-ethyl adjacent to an activating group) is 1. The van der Waals surface area contributed by atoms with Gasteiger partial charge in [-0.3, -0.25) is 0 Å². The van der Waals surface area contributed by atoms with E-state index >= 15 is 0 Å². The van der Waals surface area contributed by atoms with Crippen LogP contribution in [0.25, 0.3) is 0 Å². The van der Waals surface area contributed by atoms with Gasteiger partial charge < -0.3 is 15.1 Å². The highest BCUT2D eigenvalue weighted by atomic mass is 16.4. The predicted octanol–water partition coefficient (Wildman–Crippen LogP) is -0.00820. The Morgan fingerprint density at radius 3 is 2.60 bits per heavy atom. The molecule has 0 bridgehead atoms. The molecule has 0 saturated carbocycles. The van der Waals surface area contributed by atoms with Crippen LogP contribution in [0.5, 0.6) is 0 Å². The first-order valence-electron chi connectivity index (χ1n) is 4.47. The maximum Gasteiger partial charge on any atom is 0.356 e. The van der Waals surface area contributed by atoms with E-state index in [9.17, 15) is 4.79 Å². The number of hydrogen-bond donors (Lipinski definition) is 2. The van der Waals surface area contributed by atoms with Gasteiger partial charge in [0.25, 0.3) is 0 Å². The summed E-state index contributed by atoms with van der Waals surface area (Å²) in [5.41, 5.74) is -0.0937. The Morgan fingerprint density at radius 2 is 2.20 bits per heavy atom. The van der Waals surface area contributed by atoms with E-state index in [1.165, 1.54) is 6.07 Å². The third kappa shape index (κ3) is 2.63. The molecule has 0 amide bonds. The van der Waals surface area contributed by atoms with Crippen molar-refractivity contribution < 1.29 is 15.0 Å². The second-order valence-electron chi connectivity index (χ2n) is 3.22. The van der Waals surface area contributed by atoms with Gasteiger partial charge in [-0.15, -0.1) is 10.2 Å². The molecular weight excluding hydrogens is 198 g/mol. The van der Waals surface area contributed by atoms with E-state index in [-0.39, 0.29) is 18.3 Å². The van der Waals surface area contributed by atoms with Crippen molar-refractivity contribution in [3.8, 4) is 0 Å². The molecule has 1 heterocycles. The molecule has 0 saturated heterocycles. The predicted molar refractivity (Wildman–Crippen MR) is 53.9 cm³/mol. The van der Waals surface area contributed by atoms with Crippen molar-refractivity contribution in [1.82, 2.24) is 10.2 Å². The van der Waals surface area contributed by atoms with Crippen LogP contribution < -0.4 is 4.90 Å². The molecule has 0 fully saturated rings. The second kappa shape index (κ2) is 4.70. The first kappa shape index (κ1) is 11.4. The van der Waals surface area contributed by atoms with Crippen LogP contribution in [0.15, 0.2) is 12.1 Å². The minimum atomic E-state index is -1.10. The molecule has 1 unspecified atom stereocenters. The first-order chi connectivity index (χ1) is 7.06. The monoisotopic (exact) mass is 211 g/mol. The quantitative estimate of drug-likeness (QED) is 0.728. The van der Waals surface area contributed by atoms with Crippen LogP contribution in [0.1, 0.15) is 17.4 Å². The zero-order chi connectivity index (χ0) is 11.4. The molecule has 82 valence electrons. The molecular formula is C9H13N3O3. The number of aliphatic hydroxyl groups excluding tert-OH is 1. The number of carboxylic acids is 1. The molecule has 0 aliphatic rings. The van der Waals surface area contributed by atoms with E-state index in [4.69, 9.17) is 10.2 Å². The molecule has 0 aliphatic carbocycles. The number of aromatic carboxylic acids is 1. The summed E-state index contributed by atoms with van der Waals surface area (Å²) >= 11 is 0. The van der Waals surface area contributed by atoms with Crippen molar-refractivity contribution in [3.05, 3.63) is 17.8 Å². The maximum atomic E-state index is 10.5. The highest BCUT2D eigenvalue weighted by molar-refractivity contribution is 5.85. The molecule has 1 atom stereocenters. The molecule has 1 rings (SSSR count). The van der Waals surface area contributed by atoms with Gasteiger partial charge >= 0.3 is 5.97 Å². The minimum Gasteiger partial charge on any atom is -0.476 e. The van der Waals surface area contributed by atoms with E-state index in [0.29, 0.717) is 5.82 Å². The van der Waals surface area contributed by atoms with Crippen molar-refractivity contribution in [1.29, 1.82) is 0 Å². The van der Waals surface area contributed by atoms with Crippen molar-refractivity contribution in [2.75, 3.05) is 18.6 Å². The standard InChI is InChI=1S/C9H13N3O3/c1-6(5-13)12(2)8-4-3-7(9(14)15)10-11-8/h3-4,6,13H,5H2,1-2H3,(H,14,15). The van der Waals surface area contributed by atoms with Gasteiger partial charge in [-0.2, -0.15) is 0 Å². The van der Waals surface area contributed by atoms with Crippen molar-refractivity contribution in [3.63, 3.8) is 0 Å². The number of hydrogen-bond acceptors (Lipinski definition) is 5. The fraction of sp³-hybridized carbons (Fsp3) is 0.444. The van der Waals surface area contributed by atoms with Gasteiger partial charge in [-0.25, -0.2) is 4.79 Å². The number of carboxylic acid groups (broad SMARTS) is 1. The Balaban J connectivity index is 2.84. The summed E-state index contributed by atoms with van der Waals surface area (Å²) in [5.74, 6) is -0.576. The molecule has 6 nitrogen and oxygen atoms in total. The average molecular weight is 211 g/mol. The number of anilines is 1. The molecule has 0 aromatic carbocycles. The van der Waals surface area contributed by atoms with Gasteiger partial charge in [0.05, 0.1) is 12.6 Å². The summed E-state index contributed by atoms with van der Waals surface area (Å²) in [6.07, 6.45) is 0. The van der Waals surface area contributed by atoms with Crippen molar-refractivity contribution in [2.45, 2.75) is 13.0 Å². The number of rotatable bonds is 4. The van der Waals surface area contributed by atoms with Crippen LogP contribution in [0.3, 0.4) is 0 Å². The van der Waals surface area contributed by atoms with Crippen LogP contribution in [0.4, 0.5) is 5.82 Å². The molecule has 6 heteroatoms. The number of carbonyl (C=O) groups is 1. The van der Waals surface area contributed by atoms with Crippen LogP contribution in [0.2, 0.25) is 0 Å². The van der Waals surface area contributed by atoms with Gasteiger partial charge in [0.2, 0.25) is 0 Å². The highest BCUT2D eigenvalue weighted by Crippen LogP contribution is 2.10. The lowest BCUT2D eigenvalue weighted by Crippen LogP contribution is -2.32. The summed E-state index contributed by atoms with van der Waals surface area (Å²) in [6.45, 7) is 1.83. The molecule has 15 heavy (non-hydrogen) atoms. The van der Waals surface area contributed by atoms with Crippen LogP contribution in [0, 0.1) is 0 Å². The zero-order valence-electron chi connectivity index (χ0n) is 8.58. The van der Waals surface area contributed by atoms with Gasteiger partial charge in [0.1, 0.15) is 0 Å². The Hall–Kier alpha value is -1.69. The second-order valence-corrected chi connectivity index (χ2v) is 3.22. The first-order valence-corrected chi connectivity index (χ1v) is 4.47. The summed E-state index contributed by atoms with van der Waals surface area (Å²) < 4.78 is 0. The van der Waals surface area contributed by atoms with E-state index < -0.39 is 5.97 Å². The highest BCUT2D eigenvalue weighted by Gasteiger charge is 2.11. The molecule has 0 spiro atoms.